The number of esters is 1. The number of hydrogen-bond acceptors (Lipinski definition) is 5. The maximum absolute atomic E-state index is 12.3. The first kappa shape index (κ1) is 19.3. The number of aromatic nitrogens is 1. The van der Waals surface area contributed by atoms with Gasteiger partial charge in [0.1, 0.15) is 5.76 Å². The van der Waals surface area contributed by atoms with E-state index in [2.05, 4.69) is 5.32 Å². The van der Waals surface area contributed by atoms with Crippen LogP contribution in [0.4, 0.5) is 0 Å². The van der Waals surface area contributed by atoms with E-state index in [0.29, 0.717) is 12.1 Å². The number of rotatable bonds is 7. The Kier molecular flexibility index (Phi) is 6.21. The second kappa shape index (κ2) is 8.37. The lowest BCUT2D eigenvalue weighted by molar-refractivity contribution is -0.137. The lowest BCUT2D eigenvalue weighted by Gasteiger charge is -2.15. The molecule has 2 aromatic rings. The fourth-order valence-corrected chi connectivity index (χ4v) is 2.51. The first-order valence-electron chi connectivity index (χ1n) is 8.14. The van der Waals surface area contributed by atoms with Crippen molar-refractivity contribution in [3.05, 3.63) is 47.2 Å². The topological polar surface area (TPSA) is 93.8 Å². The molecule has 0 saturated heterocycles. The third-order valence-electron chi connectivity index (χ3n) is 4.10. The summed E-state index contributed by atoms with van der Waals surface area (Å²) in [4.78, 5) is 36.8. The largest absolute Gasteiger partial charge is 0.467 e. The minimum absolute atomic E-state index is 0.0927. The summed E-state index contributed by atoms with van der Waals surface area (Å²) in [5, 5.41) is 2.42. The first-order valence-corrected chi connectivity index (χ1v) is 8.14. The maximum atomic E-state index is 12.3. The van der Waals surface area contributed by atoms with Crippen molar-refractivity contribution in [2.45, 2.75) is 20.4 Å². The van der Waals surface area contributed by atoms with Gasteiger partial charge in [0.25, 0.3) is 5.91 Å². The first-order chi connectivity index (χ1) is 12.3. The van der Waals surface area contributed by atoms with E-state index >= 15 is 0 Å². The summed E-state index contributed by atoms with van der Waals surface area (Å²) in [6.07, 6.45) is 1.60. The lowest BCUT2D eigenvalue weighted by Crippen LogP contribution is -2.39. The van der Waals surface area contributed by atoms with Crippen molar-refractivity contribution in [1.29, 1.82) is 0 Å². The summed E-state index contributed by atoms with van der Waals surface area (Å²) >= 11 is 0. The molecule has 0 spiro atoms. The van der Waals surface area contributed by atoms with Gasteiger partial charge in [-0.15, -0.1) is 0 Å². The number of furan rings is 1. The highest BCUT2D eigenvalue weighted by Crippen LogP contribution is 2.18. The van der Waals surface area contributed by atoms with Crippen LogP contribution in [0.25, 0.3) is 0 Å². The summed E-state index contributed by atoms with van der Waals surface area (Å²) in [5.41, 5.74) is 2.01. The number of nitrogens with zero attached hydrogens (tertiary/aromatic N) is 2. The van der Waals surface area contributed by atoms with Crippen LogP contribution >= 0.6 is 0 Å². The highest BCUT2D eigenvalue weighted by molar-refractivity contribution is 5.93. The fourth-order valence-electron chi connectivity index (χ4n) is 2.51. The Hall–Kier alpha value is -3.03. The molecule has 0 unspecified atom stereocenters. The molecule has 140 valence electrons. The third kappa shape index (κ3) is 4.53. The van der Waals surface area contributed by atoms with Crippen molar-refractivity contribution in [3.8, 4) is 0 Å². The molecule has 2 amide bonds. The highest BCUT2D eigenvalue weighted by Gasteiger charge is 2.20. The Bertz CT molecular complexity index is 792. The molecule has 2 rings (SSSR count). The van der Waals surface area contributed by atoms with Gasteiger partial charge in [0.2, 0.25) is 5.91 Å². The molecule has 1 N–H and O–H groups in total. The van der Waals surface area contributed by atoms with Gasteiger partial charge in [-0.05, 0) is 32.0 Å². The van der Waals surface area contributed by atoms with E-state index < -0.39 is 18.5 Å². The Morgan fingerprint density at radius 1 is 1.31 bits per heavy atom. The minimum atomic E-state index is -0.578. The predicted molar refractivity (Wildman–Crippen MR) is 93.7 cm³/mol. The van der Waals surface area contributed by atoms with Crippen LogP contribution in [-0.4, -0.2) is 54.5 Å². The van der Waals surface area contributed by atoms with Crippen LogP contribution in [0.5, 0.6) is 0 Å². The molecule has 0 atom stereocenters. The molecule has 2 aromatic heterocycles. The maximum Gasteiger partial charge on any atom is 0.340 e. The molecule has 8 heteroatoms. The Labute approximate surface area is 151 Å². The number of amides is 2. The van der Waals surface area contributed by atoms with Crippen LogP contribution in [0.2, 0.25) is 0 Å². The summed E-state index contributed by atoms with van der Waals surface area (Å²) in [6, 6.07) is 5.39. The zero-order chi connectivity index (χ0) is 19.3. The molecule has 0 saturated carbocycles. The van der Waals surface area contributed by atoms with Crippen molar-refractivity contribution < 1.29 is 23.5 Å². The van der Waals surface area contributed by atoms with Gasteiger partial charge in [-0.2, -0.15) is 0 Å². The van der Waals surface area contributed by atoms with Crippen LogP contribution in [0.3, 0.4) is 0 Å². The fraction of sp³-hybridized carbons (Fsp3) is 0.389. The van der Waals surface area contributed by atoms with Crippen LogP contribution in [0, 0.1) is 13.8 Å². The molecule has 0 aromatic carbocycles. The van der Waals surface area contributed by atoms with Gasteiger partial charge in [0, 0.05) is 25.5 Å². The number of carbonyl (C=O) groups is 3. The Morgan fingerprint density at radius 3 is 2.65 bits per heavy atom. The van der Waals surface area contributed by atoms with E-state index in [1.54, 1.807) is 18.4 Å². The molecule has 8 nitrogen and oxygen atoms in total. The summed E-state index contributed by atoms with van der Waals surface area (Å²) in [5.74, 6) is -0.553. The molecular weight excluding hydrogens is 338 g/mol. The number of aryl methyl sites for hydroxylation is 1. The second-order valence-corrected chi connectivity index (χ2v) is 5.95. The van der Waals surface area contributed by atoms with Crippen LogP contribution in [-0.2, 0) is 20.9 Å². The zero-order valence-electron chi connectivity index (χ0n) is 15.4. The van der Waals surface area contributed by atoms with Crippen LogP contribution in [0.1, 0.15) is 27.5 Å². The predicted octanol–water partition coefficient (Wildman–Crippen LogP) is 1.11. The summed E-state index contributed by atoms with van der Waals surface area (Å²) in [7, 11) is 2.96. The number of nitrogens with one attached hydrogen (secondary N) is 1. The number of likely N-dealkylation sites (N-methyl/N-ethyl adjacent to an activating group) is 2. The molecule has 0 aliphatic rings. The molecule has 0 bridgehead atoms. The number of hydrogen-bond donors (Lipinski definition) is 1. The van der Waals surface area contributed by atoms with E-state index in [0.717, 1.165) is 17.1 Å². The normalized spacial score (nSPS) is 10.5. The zero-order valence-corrected chi connectivity index (χ0v) is 15.4. The van der Waals surface area contributed by atoms with Crippen molar-refractivity contribution in [3.63, 3.8) is 0 Å². The SMILES string of the molecule is CNC(=O)CN(C)C(=O)COC(=O)c1cc(C)n(Cc2ccco2)c1C. The van der Waals surface area contributed by atoms with Crippen LogP contribution < -0.4 is 5.32 Å². The molecular formula is C18H23N3O5. The minimum Gasteiger partial charge on any atom is -0.467 e. The van der Waals surface area contributed by atoms with Crippen molar-refractivity contribution in [1.82, 2.24) is 14.8 Å². The van der Waals surface area contributed by atoms with E-state index in [9.17, 15) is 14.4 Å². The van der Waals surface area contributed by atoms with Gasteiger partial charge in [-0.3, -0.25) is 9.59 Å². The van der Waals surface area contributed by atoms with E-state index in [1.165, 1.54) is 19.0 Å². The van der Waals surface area contributed by atoms with Gasteiger partial charge >= 0.3 is 5.97 Å². The lowest BCUT2D eigenvalue weighted by atomic mass is 10.2. The standard InChI is InChI=1S/C18H23N3O5/c1-12-8-15(13(2)21(12)9-14-6-5-7-25-14)18(24)26-11-17(23)20(4)10-16(22)19-3/h5-8H,9-11H2,1-4H3,(H,19,22). The molecule has 0 radical (unpaired) electrons. The highest BCUT2D eigenvalue weighted by atomic mass is 16.5. The Balaban J connectivity index is 1.99. The van der Waals surface area contributed by atoms with Gasteiger partial charge < -0.3 is 23.9 Å². The molecule has 26 heavy (non-hydrogen) atoms. The van der Waals surface area contributed by atoms with Gasteiger partial charge in [-0.1, -0.05) is 0 Å². The quantitative estimate of drug-likeness (QED) is 0.746. The summed E-state index contributed by atoms with van der Waals surface area (Å²) < 4.78 is 12.4. The van der Waals surface area contributed by atoms with E-state index in [4.69, 9.17) is 9.15 Å². The smallest absolute Gasteiger partial charge is 0.340 e. The average Bonchev–Trinajstić information content (AvgIpc) is 3.22. The van der Waals surface area contributed by atoms with E-state index in [1.807, 2.05) is 24.5 Å². The second-order valence-electron chi connectivity index (χ2n) is 5.95. The van der Waals surface area contributed by atoms with Crippen LogP contribution in [0.15, 0.2) is 28.9 Å². The van der Waals surface area contributed by atoms with Crippen molar-refractivity contribution >= 4 is 17.8 Å². The molecule has 0 aliphatic heterocycles. The van der Waals surface area contributed by atoms with Gasteiger partial charge in [-0.25, -0.2) is 4.79 Å². The average molecular weight is 361 g/mol. The summed E-state index contributed by atoms with van der Waals surface area (Å²) in [6.45, 7) is 3.69. The molecule has 0 fully saturated rings. The number of carbonyl (C=O) groups excluding carboxylic acids is 3. The number of ether oxygens (including phenoxy) is 1. The van der Waals surface area contributed by atoms with Gasteiger partial charge in [0.15, 0.2) is 6.61 Å². The Morgan fingerprint density at radius 2 is 2.04 bits per heavy atom. The van der Waals surface area contributed by atoms with Crippen molar-refractivity contribution in [2.75, 3.05) is 27.2 Å². The van der Waals surface area contributed by atoms with Gasteiger partial charge in [0.05, 0.1) is 24.9 Å². The third-order valence-corrected chi connectivity index (χ3v) is 4.10. The molecule has 2 heterocycles. The van der Waals surface area contributed by atoms with Crippen molar-refractivity contribution in [2.24, 2.45) is 0 Å². The monoisotopic (exact) mass is 361 g/mol. The molecule has 0 aliphatic carbocycles. The van der Waals surface area contributed by atoms with E-state index in [-0.39, 0.29) is 12.5 Å².